The van der Waals surface area contributed by atoms with Crippen LogP contribution in [0.5, 0.6) is 0 Å². The Bertz CT molecular complexity index is 639. The summed E-state index contributed by atoms with van der Waals surface area (Å²) in [4.78, 5) is 17.2. The van der Waals surface area contributed by atoms with Crippen LogP contribution in [-0.2, 0) is 0 Å². The lowest BCUT2D eigenvalue weighted by Gasteiger charge is -2.20. The van der Waals surface area contributed by atoms with E-state index in [4.69, 9.17) is 11.6 Å². The van der Waals surface area contributed by atoms with Crippen molar-refractivity contribution in [3.8, 4) is 0 Å². The number of aromatic nitrogens is 2. The predicted molar refractivity (Wildman–Crippen MR) is 83.4 cm³/mol. The van der Waals surface area contributed by atoms with E-state index in [1.54, 1.807) is 16.3 Å². The first-order chi connectivity index (χ1) is 9.06. The molecule has 2 rings (SSSR count). The van der Waals surface area contributed by atoms with Gasteiger partial charge in [-0.3, -0.25) is 9.36 Å². The van der Waals surface area contributed by atoms with Crippen molar-refractivity contribution in [2.75, 3.05) is 12.0 Å². The van der Waals surface area contributed by atoms with Gasteiger partial charge in [0.25, 0.3) is 5.56 Å². The summed E-state index contributed by atoms with van der Waals surface area (Å²) in [5.41, 5.74) is 0.706. The number of thioether (sulfide) groups is 1. The van der Waals surface area contributed by atoms with Crippen LogP contribution in [0.4, 0.5) is 0 Å². The third-order valence-electron chi connectivity index (χ3n) is 3.04. The molecular weight excluding hydrogens is 280 g/mol. The molecule has 102 valence electrons. The van der Waals surface area contributed by atoms with Gasteiger partial charge in [-0.15, -0.1) is 11.6 Å². The van der Waals surface area contributed by atoms with Crippen LogP contribution in [0.2, 0.25) is 0 Å². The first kappa shape index (κ1) is 14.4. The molecule has 1 aromatic carbocycles. The second-order valence-electron chi connectivity index (χ2n) is 4.58. The van der Waals surface area contributed by atoms with Gasteiger partial charge >= 0.3 is 0 Å². The van der Waals surface area contributed by atoms with Gasteiger partial charge in [-0.2, -0.15) is 11.8 Å². The Labute approximate surface area is 122 Å². The molecule has 0 bridgehead atoms. The molecule has 0 saturated carbocycles. The Balaban J connectivity index is 2.75. The van der Waals surface area contributed by atoms with Crippen LogP contribution in [-0.4, -0.2) is 21.6 Å². The number of halogens is 1. The smallest absolute Gasteiger partial charge is 0.261 e. The van der Waals surface area contributed by atoms with Gasteiger partial charge < -0.3 is 0 Å². The van der Waals surface area contributed by atoms with Crippen molar-refractivity contribution in [3.05, 3.63) is 40.4 Å². The fraction of sp³-hybridized carbons (Fsp3) is 0.429. The van der Waals surface area contributed by atoms with Crippen LogP contribution < -0.4 is 5.56 Å². The van der Waals surface area contributed by atoms with Gasteiger partial charge in [0, 0.05) is 11.8 Å². The third-order valence-corrected chi connectivity index (χ3v) is 4.05. The highest BCUT2D eigenvalue weighted by molar-refractivity contribution is 7.98. The van der Waals surface area contributed by atoms with E-state index < -0.39 is 0 Å². The molecule has 2 aromatic rings. The number of rotatable bonds is 4. The second-order valence-corrected chi connectivity index (χ2v) is 6.15. The summed E-state index contributed by atoms with van der Waals surface area (Å²) < 4.78 is 1.73. The quantitative estimate of drug-likeness (QED) is 0.808. The number of fused-ring (bicyclic) bond motifs is 1. The molecule has 0 amide bonds. The molecule has 2 atom stereocenters. The molecule has 0 spiro atoms. The van der Waals surface area contributed by atoms with Crippen LogP contribution in [0.1, 0.15) is 31.1 Å². The number of hydrogen-bond donors (Lipinski definition) is 0. The maximum atomic E-state index is 12.6. The van der Waals surface area contributed by atoms with E-state index in [2.05, 4.69) is 4.98 Å². The number of benzene rings is 1. The lowest BCUT2D eigenvalue weighted by atomic mass is 10.2. The van der Waals surface area contributed by atoms with Gasteiger partial charge in [-0.05, 0) is 32.2 Å². The normalized spacial score (nSPS) is 14.5. The summed E-state index contributed by atoms with van der Waals surface area (Å²) in [6.07, 6.45) is 2.03. The Morgan fingerprint density at radius 1 is 1.37 bits per heavy atom. The average molecular weight is 297 g/mol. The number of hydrogen-bond acceptors (Lipinski definition) is 3. The molecule has 0 saturated heterocycles. The van der Waals surface area contributed by atoms with Crippen LogP contribution in [0.15, 0.2) is 29.1 Å². The fourth-order valence-electron chi connectivity index (χ4n) is 2.19. The maximum absolute atomic E-state index is 12.6. The first-order valence-electron chi connectivity index (χ1n) is 6.20. The number of para-hydroxylation sites is 1. The number of nitrogens with zero attached hydrogens (tertiary/aromatic N) is 2. The van der Waals surface area contributed by atoms with Crippen LogP contribution >= 0.6 is 23.4 Å². The van der Waals surface area contributed by atoms with E-state index in [1.165, 1.54) is 0 Å². The highest BCUT2D eigenvalue weighted by atomic mass is 35.5. The standard InChI is InChI=1S/C14H17ClN2OS/c1-9(8-19-3)17-13(10(2)15)16-12-7-5-4-6-11(12)14(17)18/h4-7,9-10H,8H2,1-3H3. The monoisotopic (exact) mass is 296 g/mol. The van der Waals surface area contributed by atoms with Crippen molar-refractivity contribution in [2.45, 2.75) is 25.3 Å². The van der Waals surface area contributed by atoms with E-state index >= 15 is 0 Å². The van der Waals surface area contributed by atoms with Crippen molar-refractivity contribution in [1.29, 1.82) is 0 Å². The van der Waals surface area contributed by atoms with Gasteiger partial charge in [0.15, 0.2) is 0 Å². The SMILES string of the molecule is CSCC(C)n1c(C(C)Cl)nc2ccccc2c1=O. The maximum Gasteiger partial charge on any atom is 0.261 e. The molecule has 1 heterocycles. The van der Waals surface area contributed by atoms with Crippen LogP contribution in [0.25, 0.3) is 10.9 Å². The highest BCUT2D eigenvalue weighted by Gasteiger charge is 2.18. The second kappa shape index (κ2) is 5.97. The van der Waals surface area contributed by atoms with E-state index in [9.17, 15) is 4.79 Å². The van der Waals surface area contributed by atoms with Crippen molar-refractivity contribution in [1.82, 2.24) is 9.55 Å². The molecule has 0 radical (unpaired) electrons. The summed E-state index contributed by atoms with van der Waals surface area (Å²) in [6.45, 7) is 3.87. The predicted octanol–water partition coefficient (Wildman–Crippen LogP) is 3.62. The molecule has 0 fully saturated rings. The van der Waals surface area contributed by atoms with Gasteiger partial charge in [0.05, 0.1) is 16.3 Å². The lowest BCUT2D eigenvalue weighted by Crippen LogP contribution is -2.29. The minimum Gasteiger partial charge on any atom is -0.291 e. The van der Waals surface area contributed by atoms with Crippen molar-refractivity contribution in [3.63, 3.8) is 0 Å². The Morgan fingerprint density at radius 2 is 2.05 bits per heavy atom. The van der Waals surface area contributed by atoms with Crippen LogP contribution in [0, 0.1) is 0 Å². The summed E-state index contributed by atoms with van der Waals surface area (Å²) in [5.74, 6) is 1.50. The third kappa shape index (κ3) is 2.79. The minimum absolute atomic E-state index is 0.00495. The summed E-state index contributed by atoms with van der Waals surface area (Å²) in [5, 5.41) is 0.359. The zero-order chi connectivity index (χ0) is 14.0. The molecule has 3 nitrogen and oxygen atoms in total. The van der Waals surface area contributed by atoms with Gasteiger partial charge in [-0.25, -0.2) is 4.98 Å². The molecule has 0 aliphatic carbocycles. The Morgan fingerprint density at radius 3 is 2.68 bits per heavy atom. The van der Waals surface area contributed by atoms with E-state index in [1.807, 2.05) is 44.4 Å². The van der Waals surface area contributed by atoms with E-state index in [0.717, 1.165) is 5.75 Å². The van der Waals surface area contributed by atoms with Crippen molar-refractivity contribution in [2.24, 2.45) is 0 Å². The van der Waals surface area contributed by atoms with E-state index in [0.29, 0.717) is 16.7 Å². The molecular formula is C14H17ClN2OS. The molecule has 0 aliphatic rings. The molecule has 19 heavy (non-hydrogen) atoms. The molecule has 1 aromatic heterocycles. The first-order valence-corrected chi connectivity index (χ1v) is 8.03. The lowest BCUT2D eigenvalue weighted by molar-refractivity contribution is 0.548. The number of alkyl halides is 1. The Hall–Kier alpha value is -1.00. The van der Waals surface area contributed by atoms with Crippen molar-refractivity contribution < 1.29 is 0 Å². The van der Waals surface area contributed by atoms with Crippen LogP contribution in [0.3, 0.4) is 0 Å². The van der Waals surface area contributed by atoms with Gasteiger partial charge in [0.2, 0.25) is 0 Å². The van der Waals surface area contributed by atoms with Crippen molar-refractivity contribution >= 4 is 34.3 Å². The summed E-state index contributed by atoms with van der Waals surface area (Å²) in [7, 11) is 0. The summed E-state index contributed by atoms with van der Waals surface area (Å²) in [6, 6.07) is 7.49. The van der Waals surface area contributed by atoms with E-state index in [-0.39, 0.29) is 17.0 Å². The fourth-order valence-corrected chi connectivity index (χ4v) is 2.97. The zero-order valence-electron chi connectivity index (χ0n) is 11.3. The molecule has 0 aliphatic heterocycles. The molecule has 2 unspecified atom stereocenters. The Kier molecular flexibility index (Phi) is 4.53. The minimum atomic E-state index is -0.290. The topological polar surface area (TPSA) is 34.9 Å². The molecule has 5 heteroatoms. The summed E-state index contributed by atoms with van der Waals surface area (Å²) >= 11 is 7.90. The van der Waals surface area contributed by atoms with Gasteiger partial charge in [-0.1, -0.05) is 12.1 Å². The average Bonchev–Trinajstić information content (AvgIpc) is 2.38. The molecule has 0 N–H and O–H groups in total. The zero-order valence-corrected chi connectivity index (χ0v) is 12.8. The largest absolute Gasteiger partial charge is 0.291 e. The van der Waals surface area contributed by atoms with Gasteiger partial charge in [0.1, 0.15) is 5.82 Å². The highest BCUT2D eigenvalue weighted by Crippen LogP contribution is 2.22.